The highest BCUT2D eigenvalue weighted by molar-refractivity contribution is 5.77. The van der Waals surface area contributed by atoms with Gasteiger partial charge < -0.3 is 9.47 Å². The van der Waals surface area contributed by atoms with Crippen LogP contribution in [0, 0.1) is 11.8 Å². The summed E-state index contributed by atoms with van der Waals surface area (Å²) in [5, 5.41) is 0. The summed E-state index contributed by atoms with van der Waals surface area (Å²) in [7, 11) is 0. The van der Waals surface area contributed by atoms with Crippen molar-refractivity contribution in [3.8, 4) is 11.5 Å². The van der Waals surface area contributed by atoms with E-state index >= 15 is 0 Å². The van der Waals surface area contributed by atoms with Crippen LogP contribution in [0.15, 0.2) is 18.2 Å². The molecule has 0 radical (unpaired) electrons. The Morgan fingerprint density at radius 3 is 1.84 bits per heavy atom. The molecule has 0 aliphatic carbocycles. The van der Waals surface area contributed by atoms with E-state index in [2.05, 4.69) is 27.7 Å². The number of para-hydroxylation sites is 1. The highest BCUT2D eigenvalue weighted by atomic mass is 16.6. The number of carbonyl (C=O) groups is 2. The molecule has 1 aromatic rings. The van der Waals surface area contributed by atoms with Crippen LogP contribution < -0.4 is 9.47 Å². The van der Waals surface area contributed by atoms with E-state index in [1.807, 2.05) is 26.0 Å². The van der Waals surface area contributed by atoms with Gasteiger partial charge in [0.05, 0.1) is 0 Å². The molecule has 0 aromatic heterocycles. The van der Waals surface area contributed by atoms with E-state index in [-0.39, 0.29) is 17.9 Å². The summed E-state index contributed by atoms with van der Waals surface area (Å²) < 4.78 is 11.1. The Bertz CT molecular complexity index is 573. The van der Waals surface area contributed by atoms with Crippen molar-refractivity contribution in [2.45, 2.75) is 73.1 Å². The SMILES string of the molecule is CC(C)CCC(=O)Oc1cccc(C(C)C)c1OC(=O)CCC(C)C. The molecule has 4 nitrogen and oxygen atoms in total. The molecule has 0 unspecified atom stereocenters. The maximum atomic E-state index is 12.2. The average molecular weight is 348 g/mol. The number of hydrogen-bond acceptors (Lipinski definition) is 4. The second-order valence-corrected chi connectivity index (χ2v) is 7.64. The summed E-state index contributed by atoms with van der Waals surface area (Å²) in [5.41, 5.74) is 0.868. The number of rotatable bonds is 9. The van der Waals surface area contributed by atoms with Gasteiger partial charge in [-0.3, -0.25) is 9.59 Å². The predicted octanol–water partition coefficient (Wildman–Crippen LogP) is 5.49. The van der Waals surface area contributed by atoms with Crippen LogP contribution in [0.4, 0.5) is 0 Å². The fraction of sp³-hybridized carbons (Fsp3) is 0.619. The highest BCUT2D eigenvalue weighted by Gasteiger charge is 2.19. The summed E-state index contributed by atoms with van der Waals surface area (Å²) in [5.74, 6) is 1.14. The van der Waals surface area contributed by atoms with Crippen LogP contribution >= 0.6 is 0 Å². The monoisotopic (exact) mass is 348 g/mol. The van der Waals surface area contributed by atoms with E-state index in [4.69, 9.17) is 9.47 Å². The minimum Gasteiger partial charge on any atom is -0.423 e. The summed E-state index contributed by atoms with van der Waals surface area (Å²) >= 11 is 0. The molecule has 0 N–H and O–H groups in total. The fourth-order valence-electron chi connectivity index (χ4n) is 2.33. The molecular weight excluding hydrogens is 316 g/mol. The average Bonchev–Trinajstić information content (AvgIpc) is 2.52. The van der Waals surface area contributed by atoms with E-state index in [9.17, 15) is 9.59 Å². The maximum Gasteiger partial charge on any atom is 0.311 e. The molecule has 0 atom stereocenters. The standard InChI is InChI=1S/C21H32O4/c1-14(2)10-12-19(22)24-18-9-7-8-17(16(5)6)21(18)25-20(23)13-11-15(3)4/h7-9,14-16H,10-13H2,1-6H3. The van der Waals surface area contributed by atoms with Gasteiger partial charge in [0, 0.05) is 18.4 Å². The molecule has 0 fully saturated rings. The summed E-state index contributed by atoms with van der Waals surface area (Å²) in [6, 6.07) is 5.41. The molecule has 0 saturated carbocycles. The van der Waals surface area contributed by atoms with Crippen LogP contribution in [0.2, 0.25) is 0 Å². The Morgan fingerprint density at radius 2 is 1.36 bits per heavy atom. The molecule has 0 spiro atoms. The Hall–Kier alpha value is -1.84. The summed E-state index contributed by atoms with van der Waals surface area (Å²) in [6.45, 7) is 12.3. The zero-order valence-corrected chi connectivity index (χ0v) is 16.4. The minimum absolute atomic E-state index is 0.155. The van der Waals surface area contributed by atoms with Gasteiger partial charge in [-0.05, 0) is 36.7 Å². The second-order valence-electron chi connectivity index (χ2n) is 7.64. The van der Waals surface area contributed by atoms with Gasteiger partial charge in [-0.2, -0.15) is 0 Å². The Balaban J connectivity index is 2.94. The second kappa shape index (κ2) is 10.2. The quantitative estimate of drug-likeness (QED) is 0.437. The van der Waals surface area contributed by atoms with Gasteiger partial charge >= 0.3 is 11.9 Å². The van der Waals surface area contributed by atoms with E-state index in [0.29, 0.717) is 36.2 Å². The zero-order chi connectivity index (χ0) is 19.0. The third-order valence-electron chi connectivity index (χ3n) is 3.92. The Kier molecular flexibility index (Phi) is 8.67. The Labute approximate surface area is 151 Å². The largest absolute Gasteiger partial charge is 0.423 e. The molecule has 1 aromatic carbocycles. The van der Waals surface area contributed by atoms with Crippen LogP contribution in [0.3, 0.4) is 0 Å². The predicted molar refractivity (Wildman–Crippen MR) is 99.9 cm³/mol. The lowest BCUT2D eigenvalue weighted by Gasteiger charge is -2.17. The van der Waals surface area contributed by atoms with Crippen molar-refractivity contribution in [3.05, 3.63) is 23.8 Å². The van der Waals surface area contributed by atoms with Crippen molar-refractivity contribution in [1.82, 2.24) is 0 Å². The zero-order valence-electron chi connectivity index (χ0n) is 16.4. The van der Waals surface area contributed by atoms with Crippen LogP contribution in [0.5, 0.6) is 11.5 Å². The van der Waals surface area contributed by atoms with Gasteiger partial charge in [0.2, 0.25) is 0 Å². The van der Waals surface area contributed by atoms with E-state index in [0.717, 1.165) is 18.4 Å². The molecule has 0 amide bonds. The van der Waals surface area contributed by atoms with Crippen molar-refractivity contribution in [2.75, 3.05) is 0 Å². The first-order chi connectivity index (χ1) is 11.7. The number of esters is 2. The third-order valence-corrected chi connectivity index (χ3v) is 3.92. The molecule has 140 valence electrons. The lowest BCUT2D eigenvalue weighted by molar-refractivity contribution is -0.137. The van der Waals surface area contributed by atoms with E-state index in [1.165, 1.54) is 0 Å². The third kappa shape index (κ3) is 7.72. The molecule has 0 aliphatic rings. The lowest BCUT2D eigenvalue weighted by atomic mass is 10.0. The Morgan fingerprint density at radius 1 is 0.840 bits per heavy atom. The van der Waals surface area contributed by atoms with Crippen molar-refractivity contribution in [3.63, 3.8) is 0 Å². The van der Waals surface area contributed by atoms with Crippen LogP contribution in [0.25, 0.3) is 0 Å². The number of carbonyl (C=O) groups excluding carboxylic acids is 2. The molecule has 0 saturated heterocycles. The molecule has 4 heteroatoms. The molecule has 25 heavy (non-hydrogen) atoms. The van der Waals surface area contributed by atoms with Gasteiger partial charge in [-0.1, -0.05) is 53.7 Å². The fourth-order valence-corrected chi connectivity index (χ4v) is 2.33. The summed E-state index contributed by atoms with van der Waals surface area (Å²) in [4.78, 5) is 24.3. The highest BCUT2D eigenvalue weighted by Crippen LogP contribution is 2.36. The van der Waals surface area contributed by atoms with E-state index < -0.39 is 0 Å². The van der Waals surface area contributed by atoms with Gasteiger partial charge in [0.1, 0.15) is 0 Å². The van der Waals surface area contributed by atoms with Crippen molar-refractivity contribution >= 4 is 11.9 Å². The van der Waals surface area contributed by atoms with Gasteiger partial charge in [-0.25, -0.2) is 0 Å². The minimum atomic E-state index is -0.297. The number of benzene rings is 1. The van der Waals surface area contributed by atoms with Crippen LogP contribution in [0.1, 0.15) is 78.7 Å². The molecule has 0 aliphatic heterocycles. The van der Waals surface area contributed by atoms with Crippen LogP contribution in [-0.2, 0) is 9.59 Å². The van der Waals surface area contributed by atoms with Crippen molar-refractivity contribution in [1.29, 1.82) is 0 Å². The van der Waals surface area contributed by atoms with E-state index in [1.54, 1.807) is 6.07 Å². The van der Waals surface area contributed by atoms with Crippen molar-refractivity contribution < 1.29 is 19.1 Å². The first-order valence-corrected chi connectivity index (χ1v) is 9.25. The lowest BCUT2D eigenvalue weighted by Crippen LogP contribution is -2.14. The normalized spacial score (nSPS) is 11.2. The topological polar surface area (TPSA) is 52.6 Å². The van der Waals surface area contributed by atoms with Crippen LogP contribution in [-0.4, -0.2) is 11.9 Å². The molecular formula is C21H32O4. The van der Waals surface area contributed by atoms with Gasteiger partial charge in [-0.15, -0.1) is 0 Å². The first-order valence-electron chi connectivity index (χ1n) is 9.25. The smallest absolute Gasteiger partial charge is 0.311 e. The van der Waals surface area contributed by atoms with Gasteiger partial charge in [0.15, 0.2) is 11.5 Å². The summed E-state index contributed by atoms with van der Waals surface area (Å²) in [6.07, 6.45) is 2.24. The molecule has 0 bridgehead atoms. The number of hydrogen-bond donors (Lipinski definition) is 0. The molecule has 1 rings (SSSR count). The molecule has 0 heterocycles. The number of ether oxygens (including phenoxy) is 2. The van der Waals surface area contributed by atoms with Crippen molar-refractivity contribution in [2.24, 2.45) is 11.8 Å². The van der Waals surface area contributed by atoms with Gasteiger partial charge in [0.25, 0.3) is 0 Å². The maximum absolute atomic E-state index is 12.2. The first kappa shape index (κ1) is 21.2.